The molecule has 2 aliphatic carbocycles. The number of hydrogen-bond acceptors (Lipinski definition) is 1. The first kappa shape index (κ1) is 5.97. The molecule has 0 aliphatic heterocycles. The minimum atomic E-state index is -0.476. The molecule has 1 nitrogen and oxygen atoms in total. The third-order valence-electron chi connectivity index (χ3n) is 3.05. The molecular weight excluding hydrogens is 131 g/mol. The molecular formula is C7H13OP. The van der Waals surface area contributed by atoms with Crippen molar-refractivity contribution in [3.05, 3.63) is 0 Å². The van der Waals surface area contributed by atoms with E-state index < -0.39 is 8.46 Å². The SMILES string of the molecule is O=[PH2]C12CCC(CC1)C2. The van der Waals surface area contributed by atoms with Gasteiger partial charge in [0.05, 0.1) is 8.46 Å². The summed E-state index contributed by atoms with van der Waals surface area (Å²) in [7, 11) is -0.476. The molecule has 0 radical (unpaired) electrons. The van der Waals surface area contributed by atoms with Crippen LogP contribution in [0.15, 0.2) is 0 Å². The monoisotopic (exact) mass is 144 g/mol. The maximum atomic E-state index is 10.8. The summed E-state index contributed by atoms with van der Waals surface area (Å²) in [5, 5.41) is 0.380. The van der Waals surface area contributed by atoms with E-state index in [0.717, 1.165) is 5.92 Å². The van der Waals surface area contributed by atoms with Gasteiger partial charge in [-0.25, -0.2) is 0 Å². The quantitative estimate of drug-likeness (QED) is 0.515. The molecule has 2 saturated carbocycles. The number of hydrogen-bond donors (Lipinski definition) is 0. The second-order valence-electron chi connectivity index (χ2n) is 3.63. The summed E-state index contributed by atoms with van der Waals surface area (Å²) in [5.41, 5.74) is 0. The van der Waals surface area contributed by atoms with Crippen LogP contribution in [0.2, 0.25) is 0 Å². The lowest BCUT2D eigenvalue weighted by atomic mass is 10.0. The van der Waals surface area contributed by atoms with E-state index in [-0.39, 0.29) is 0 Å². The van der Waals surface area contributed by atoms with Gasteiger partial charge >= 0.3 is 0 Å². The van der Waals surface area contributed by atoms with Gasteiger partial charge in [-0.05, 0) is 38.0 Å². The van der Waals surface area contributed by atoms with Gasteiger partial charge in [0.2, 0.25) is 0 Å². The Balaban J connectivity index is 2.21. The van der Waals surface area contributed by atoms with Gasteiger partial charge in [0.15, 0.2) is 0 Å². The molecule has 2 bridgehead atoms. The smallest absolute Gasteiger partial charge is 0.0704 e. The van der Waals surface area contributed by atoms with Crippen molar-refractivity contribution < 1.29 is 4.57 Å². The fraction of sp³-hybridized carbons (Fsp3) is 1.00. The average Bonchev–Trinajstić information content (AvgIpc) is 2.46. The summed E-state index contributed by atoms with van der Waals surface area (Å²) in [6.07, 6.45) is 6.59. The van der Waals surface area contributed by atoms with Crippen molar-refractivity contribution in [2.75, 3.05) is 0 Å². The van der Waals surface area contributed by atoms with Gasteiger partial charge in [-0.1, -0.05) is 0 Å². The van der Waals surface area contributed by atoms with Crippen LogP contribution in [0, 0.1) is 5.92 Å². The summed E-state index contributed by atoms with van der Waals surface area (Å²) < 4.78 is 10.8. The molecule has 1 unspecified atom stereocenters. The molecule has 0 aromatic carbocycles. The Morgan fingerprint density at radius 1 is 1.33 bits per heavy atom. The van der Waals surface area contributed by atoms with Crippen LogP contribution < -0.4 is 0 Å². The minimum absolute atomic E-state index is 0.380. The van der Waals surface area contributed by atoms with E-state index in [4.69, 9.17) is 0 Å². The summed E-state index contributed by atoms with van der Waals surface area (Å²) >= 11 is 0. The second kappa shape index (κ2) is 1.85. The van der Waals surface area contributed by atoms with E-state index in [1.54, 1.807) is 0 Å². The fourth-order valence-corrected chi connectivity index (χ4v) is 3.40. The van der Waals surface area contributed by atoms with Crippen molar-refractivity contribution in [1.82, 2.24) is 0 Å². The fourth-order valence-electron chi connectivity index (χ4n) is 2.40. The van der Waals surface area contributed by atoms with Crippen LogP contribution in [0.4, 0.5) is 0 Å². The Morgan fingerprint density at radius 2 is 2.00 bits per heavy atom. The standard InChI is InChI=1S/C7H13OP/c8-9-7-3-1-6(5-7)2-4-7/h6H,1-5,9H2. The largest absolute Gasteiger partial charge is 0.330 e. The molecule has 0 aromatic rings. The van der Waals surface area contributed by atoms with Crippen LogP contribution in [0.1, 0.15) is 32.1 Å². The van der Waals surface area contributed by atoms with Crippen LogP contribution in [-0.4, -0.2) is 5.16 Å². The highest BCUT2D eigenvalue weighted by Crippen LogP contribution is 2.54. The minimum Gasteiger partial charge on any atom is -0.330 e. The van der Waals surface area contributed by atoms with Crippen LogP contribution in [0.25, 0.3) is 0 Å². The molecule has 0 amide bonds. The Bertz CT molecular complexity index is 136. The second-order valence-corrected chi connectivity index (χ2v) is 5.09. The molecule has 0 saturated heterocycles. The third kappa shape index (κ3) is 0.781. The maximum absolute atomic E-state index is 10.8. The van der Waals surface area contributed by atoms with Crippen molar-refractivity contribution in [2.24, 2.45) is 5.92 Å². The zero-order chi connectivity index (χ0) is 6.32. The molecule has 0 spiro atoms. The van der Waals surface area contributed by atoms with Crippen molar-refractivity contribution >= 4 is 8.46 Å². The Kier molecular flexibility index (Phi) is 1.23. The molecule has 2 heteroatoms. The predicted molar refractivity (Wildman–Crippen MR) is 39.7 cm³/mol. The van der Waals surface area contributed by atoms with Crippen LogP contribution in [-0.2, 0) is 4.57 Å². The first-order valence-corrected chi connectivity index (χ1v) is 4.86. The van der Waals surface area contributed by atoms with E-state index in [0.29, 0.717) is 5.16 Å². The van der Waals surface area contributed by atoms with Crippen LogP contribution in [0.5, 0.6) is 0 Å². The van der Waals surface area contributed by atoms with E-state index in [1.165, 1.54) is 32.1 Å². The van der Waals surface area contributed by atoms with Crippen molar-refractivity contribution in [3.63, 3.8) is 0 Å². The molecule has 52 valence electrons. The van der Waals surface area contributed by atoms with Crippen LogP contribution in [0.3, 0.4) is 0 Å². The third-order valence-corrected chi connectivity index (χ3v) is 4.36. The molecule has 9 heavy (non-hydrogen) atoms. The maximum Gasteiger partial charge on any atom is 0.0704 e. The lowest BCUT2D eigenvalue weighted by Crippen LogP contribution is -2.12. The van der Waals surface area contributed by atoms with Gasteiger partial charge in [0.1, 0.15) is 0 Å². The van der Waals surface area contributed by atoms with Crippen molar-refractivity contribution in [3.8, 4) is 0 Å². The molecule has 1 atom stereocenters. The summed E-state index contributed by atoms with van der Waals surface area (Å²) in [6.45, 7) is 0. The summed E-state index contributed by atoms with van der Waals surface area (Å²) in [6, 6.07) is 0. The zero-order valence-corrected chi connectivity index (χ0v) is 6.75. The van der Waals surface area contributed by atoms with E-state index in [1.807, 2.05) is 0 Å². The summed E-state index contributed by atoms with van der Waals surface area (Å²) in [5.74, 6) is 0.964. The summed E-state index contributed by atoms with van der Waals surface area (Å²) in [4.78, 5) is 0. The highest BCUT2D eigenvalue weighted by atomic mass is 31.1. The number of rotatable bonds is 1. The van der Waals surface area contributed by atoms with Gasteiger partial charge in [0.25, 0.3) is 0 Å². The Hall–Kier alpha value is 0.230. The highest BCUT2D eigenvalue weighted by Gasteiger charge is 2.43. The predicted octanol–water partition coefficient (Wildman–Crippen LogP) is 2.08. The molecule has 2 rings (SSSR count). The number of fused-ring (bicyclic) bond motifs is 2. The van der Waals surface area contributed by atoms with Gasteiger partial charge in [-0.2, -0.15) is 0 Å². The molecule has 0 heterocycles. The van der Waals surface area contributed by atoms with E-state index >= 15 is 0 Å². The first-order valence-electron chi connectivity index (χ1n) is 3.81. The molecule has 0 aromatic heterocycles. The van der Waals surface area contributed by atoms with Gasteiger partial charge in [-0.3, -0.25) is 0 Å². The van der Waals surface area contributed by atoms with Gasteiger partial charge in [0, 0.05) is 5.16 Å². The van der Waals surface area contributed by atoms with Gasteiger partial charge in [-0.15, -0.1) is 0 Å². The lowest BCUT2D eigenvalue weighted by molar-refractivity contribution is 0.487. The topological polar surface area (TPSA) is 17.1 Å². The zero-order valence-electron chi connectivity index (χ0n) is 5.60. The molecule has 2 aliphatic rings. The van der Waals surface area contributed by atoms with Crippen molar-refractivity contribution in [1.29, 1.82) is 0 Å². The normalized spacial score (nSPS) is 49.6. The van der Waals surface area contributed by atoms with Crippen molar-refractivity contribution in [2.45, 2.75) is 37.3 Å². The Labute approximate surface area is 57.0 Å². The van der Waals surface area contributed by atoms with Gasteiger partial charge < -0.3 is 4.57 Å². The molecule has 2 fully saturated rings. The van der Waals surface area contributed by atoms with E-state index in [9.17, 15) is 4.57 Å². The molecule has 0 N–H and O–H groups in total. The van der Waals surface area contributed by atoms with E-state index in [2.05, 4.69) is 0 Å². The average molecular weight is 144 g/mol. The highest BCUT2D eigenvalue weighted by molar-refractivity contribution is 7.26. The Morgan fingerprint density at radius 3 is 2.22 bits per heavy atom. The first-order chi connectivity index (χ1) is 4.35. The van der Waals surface area contributed by atoms with Crippen LogP contribution >= 0.6 is 8.46 Å². The lowest BCUT2D eigenvalue weighted by Gasteiger charge is -2.17.